The van der Waals surface area contributed by atoms with Gasteiger partial charge in [0, 0.05) is 7.05 Å². The third-order valence-electron chi connectivity index (χ3n) is 1.67. The summed E-state index contributed by atoms with van der Waals surface area (Å²) in [7, 11) is 1.61. The predicted molar refractivity (Wildman–Crippen MR) is 62.3 cm³/mol. The van der Waals surface area contributed by atoms with Gasteiger partial charge in [-0.15, -0.1) is 10.2 Å². The maximum absolute atomic E-state index is 11.5. The summed E-state index contributed by atoms with van der Waals surface area (Å²) < 4.78 is 5.66. The van der Waals surface area contributed by atoms with Crippen LogP contribution in [0.2, 0.25) is 0 Å². The van der Waals surface area contributed by atoms with Gasteiger partial charge < -0.3 is 4.74 Å². The number of amides is 1. The number of rotatable bonds is 4. The van der Waals surface area contributed by atoms with E-state index in [0.29, 0.717) is 15.7 Å². The number of carbonyl (C=O) groups excluding carboxylic acids is 1. The largest absolute Gasteiger partial charge is 0.449 e. The molecule has 7 heteroatoms. The molecule has 0 aliphatic heterocycles. The van der Waals surface area contributed by atoms with Crippen molar-refractivity contribution in [2.75, 3.05) is 18.6 Å². The average molecular weight is 294 g/mol. The van der Waals surface area contributed by atoms with Crippen LogP contribution in [0.4, 0.5) is 9.93 Å². The van der Waals surface area contributed by atoms with Gasteiger partial charge in [0.05, 0.1) is 6.61 Å². The molecule has 0 aliphatic rings. The molecule has 1 heterocycles. The van der Waals surface area contributed by atoms with Crippen molar-refractivity contribution in [3.8, 4) is 0 Å². The summed E-state index contributed by atoms with van der Waals surface area (Å²) in [5.41, 5.74) is 0. The summed E-state index contributed by atoms with van der Waals surface area (Å²) >= 11 is 4.46. The zero-order chi connectivity index (χ0) is 11.3. The number of carbonyl (C=O) groups is 1. The zero-order valence-corrected chi connectivity index (χ0v) is 11.0. The monoisotopic (exact) mass is 293 g/mol. The van der Waals surface area contributed by atoms with E-state index in [1.165, 1.54) is 16.2 Å². The number of halogens is 1. The quantitative estimate of drug-likeness (QED) is 0.801. The van der Waals surface area contributed by atoms with E-state index in [9.17, 15) is 4.79 Å². The Balaban J connectivity index is 2.46. The first-order valence-electron chi connectivity index (χ1n) is 4.54. The summed E-state index contributed by atoms with van der Waals surface area (Å²) in [6.45, 7) is 2.49. The Labute approximate surface area is 101 Å². The average Bonchev–Trinajstić information content (AvgIpc) is 2.64. The van der Waals surface area contributed by atoms with Crippen LogP contribution >= 0.6 is 27.3 Å². The lowest BCUT2D eigenvalue weighted by atomic mass is 10.4. The molecule has 15 heavy (non-hydrogen) atoms. The summed E-state index contributed by atoms with van der Waals surface area (Å²) in [6.07, 6.45) is 1.48. The van der Waals surface area contributed by atoms with E-state index in [2.05, 4.69) is 26.1 Å². The second-order valence-electron chi connectivity index (χ2n) is 2.86. The molecule has 0 atom stereocenters. The van der Waals surface area contributed by atoms with Crippen LogP contribution in [0.25, 0.3) is 0 Å². The lowest BCUT2D eigenvalue weighted by molar-refractivity contribution is 0.153. The number of unbranched alkanes of at least 4 members (excludes halogenated alkanes) is 1. The van der Waals surface area contributed by atoms with Gasteiger partial charge in [-0.1, -0.05) is 24.7 Å². The molecule has 0 spiro atoms. The van der Waals surface area contributed by atoms with Crippen molar-refractivity contribution in [1.82, 2.24) is 10.2 Å². The highest BCUT2D eigenvalue weighted by Crippen LogP contribution is 2.23. The highest BCUT2D eigenvalue weighted by Gasteiger charge is 2.15. The van der Waals surface area contributed by atoms with E-state index < -0.39 is 6.09 Å². The van der Waals surface area contributed by atoms with E-state index >= 15 is 0 Å². The van der Waals surface area contributed by atoms with Gasteiger partial charge in [-0.2, -0.15) is 0 Å². The molecule has 0 radical (unpaired) electrons. The molecule has 0 saturated carbocycles. The first kappa shape index (κ1) is 12.4. The minimum atomic E-state index is -0.396. The molecule has 0 aromatic carbocycles. The van der Waals surface area contributed by atoms with E-state index in [1.54, 1.807) is 7.05 Å². The molecular formula is C8H12BrN3O2S. The van der Waals surface area contributed by atoms with Gasteiger partial charge in [0.15, 0.2) is 3.92 Å². The fourth-order valence-corrected chi connectivity index (χ4v) is 1.85. The van der Waals surface area contributed by atoms with Crippen molar-refractivity contribution in [1.29, 1.82) is 0 Å². The van der Waals surface area contributed by atoms with Crippen LogP contribution in [0.5, 0.6) is 0 Å². The molecule has 0 saturated heterocycles. The normalized spacial score (nSPS) is 10.1. The third kappa shape index (κ3) is 3.75. The highest BCUT2D eigenvalue weighted by molar-refractivity contribution is 9.11. The number of hydrogen-bond acceptors (Lipinski definition) is 5. The van der Waals surface area contributed by atoms with Crippen LogP contribution in [0, 0.1) is 0 Å². The number of anilines is 1. The molecule has 84 valence electrons. The number of aromatic nitrogens is 2. The Morgan fingerprint density at radius 1 is 1.60 bits per heavy atom. The van der Waals surface area contributed by atoms with Crippen molar-refractivity contribution in [2.45, 2.75) is 19.8 Å². The van der Waals surface area contributed by atoms with Crippen LogP contribution in [0.1, 0.15) is 19.8 Å². The molecule has 1 aromatic rings. The van der Waals surface area contributed by atoms with Gasteiger partial charge >= 0.3 is 6.09 Å². The van der Waals surface area contributed by atoms with Gasteiger partial charge in [-0.3, -0.25) is 4.90 Å². The Morgan fingerprint density at radius 3 is 2.87 bits per heavy atom. The highest BCUT2D eigenvalue weighted by atomic mass is 79.9. The first-order chi connectivity index (χ1) is 7.15. The molecule has 1 rings (SSSR count). The van der Waals surface area contributed by atoms with E-state index in [1.807, 2.05) is 6.92 Å². The van der Waals surface area contributed by atoms with Crippen LogP contribution in [-0.2, 0) is 4.74 Å². The Bertz CT molecular complexity index is 331. The topological polar surface area (TPSA) is 55.3 Å². The zero-order valence-electron chi connectivity index (χ0n) is 8.57. The lowest BCUT2D eigenvalue weighted by Crippen LogP contribution is -2.27. The molecule has 0 N–H and O–H groups in total. The van der Waals surface area contributed by atoms with Gasteiger partial charge in [0.25, 0.3) is 0 Å². The van der Waals surface area contributed by atoms with Gasteiger partial charge in [-0.05, 0) is 22.4 Å². The van der Waals surface area contributed by atoms with Crippen molar-refractivity contribution in [3.05, 3.63) is 3.92 Å². The van der Waals surface area contributed by atoms with Crippen molar-refractivity contribution in [2.24, 2.45) is 0 Å². The van der Waals surface area contributed by atoms with Crippen LogP contribution in [-0.4, -0.2) is 29.9 Å². The standard InChI is InChI=1S/C8H12BrN3O2S/c1-3-4-5-14-8(13)12(2)7-11-10-6(9)15-7/h3-5H2,1-2H3. The van der Waals surface area contributed by atoms with Gasteiger partial charge in [-0.25, -0.2) is 4.79 Å². The summed E-state index contributed by atoms with van der Waals surface area (Å²) in [5.74, 6) is 0. The molecule has 0 aliphatic carbocycles. The molecular weight excluding hydrogens is 282 g/mol. The Hall–Kier alpha value is -0.690. The second-order valence-corrected chi connectivity index (χ2v) is 5.10. The summed E-state index contributed by atoms with van der Waals surface area (Å²) in [5, 5.41) is 8.08. The molecule has 1 amide bonds. The summed E-state index contributed by atoms with van der Waals surface area (Å²) in [4.78, 5) is 12.8. The second kappa shape index (κ2) is 6.02. The summed E-state index contributed by atoms with van der Waals surface area (Å²) in [6, 6.07) is 0. The molecule has 5 nitrogen and oxygen atoms in total. The number of hydrogen-bond donors (Lipinski definition) is 0. The SMILES string of the molecule is CCCCOC(=O)N(C)c1nnc(Br)s1. The van der Waals surface area contributed by atoms with Gasteiger partial charge in [0.1, 0.15) is 0 Å². The van der Waals surface area contributed by atoms with Crippen LogP contribution < -0.4 is 4.90 Å². The maximum atomic E-state index is 11.5. The van der Waals surface area contributed by atoms with Crippen molar-refractivity contribution >= 4 is 38.5 Å². The minimum absolute atomic E-state index is 0.396. The van der Waals surface area contributed by atoms with Crippen LogP contribution in [0.3, 0.4) is 0 Å². The van der Waals surface area contributed by atoms with E-state index in [-0.39, 0.29) is 0 Å². The third-order valence-corrected chi connectivity index (χ3v) is 3.11. The maximum Gasteiger partial charge on any atom is 0.415 e. The predicted octanol–water partition coefficient (Wildman–Crippen LogP) is 2.67. The Morgan fingerprint density at radius 2 is 2.33 bits per heavy atom. The fraction of sp³-hybridized carbons (Fsp3) is 0.625. The smallest absolute Gasteiger partial charge is 0.415 e. The number of ether oxygens (including phenoxy) is 1. The van der Waals surface area contributed by atoms with E-state index in [0.717, 1.165) is 12.8 Å². The van der Waals surface area contributed by atoms with E-state index in [4.69, 9.17) is 4.74 Å². The molecule has 1 aromatic heterocycles. The molecule has 0 fully saturated rings. The Kier molecular flexibility index (Phi) is 4.97. The molecule has 0 bridgehead atoms. The fourth-order valence-electron chi connectivity index (χ4n) is 0.813. The number of nitrogens with zero attached hydrogens (tertiary/aromatic N) is 3. The van der Waals surface area contributed by atoms with Crippen molar-refractivity contribution in [3.63, 3.8) is 0 Å². The van der Waals surface area contributed by atoms with Gasteiger partial charge in [0.2, 0.25) is 5.13 Å². The van der Waals surface area contributed by atoms with Crippen LogP contribution in [0.15, 0.2) is 3.92 Å². The minimum Gasteiger partial charge on any atom is -0.449 e. The first-order valence-corrected chi connectivity index (χ1v) is 6.15. The molecule has 0 unspecified atom stereocenters. The lowest BCUT2D eigenvalue weighted by Gasteiger charge is -2.12. The van der Waals surface area contributed by atoms with Crippen molar-refractivity contribution < 1.29 is 9.53 Å².